The van der Waals surface area contributed by atoms with Crippen LogP contribution in [0, 0.1) is 0 Å². The Morgan fingerprint density at radius 1 is 0.360 bits per heavy atom. The maximum atomic E-state index is 5.35. The fourth-order valence-electron chi connectivity index (χ4n) is 7.28. The van der Waals surface area contributed by atoms with Crippen molar-refractivity contribution >= 4 is 53.3 Å². The third kappa shape index (κ3) is 4.65. The first-order valence-corrected chi connectivity index (χ1v) is 17.7. The molecule has 0 aliphatic rings. The highest BCUT2D eigenvalue weighted by atomic mass is 32.1. The van der Waals surface area contributed by atoms with Gasteiger partial charge in [0.1, 0.15) is 0 Å². The van der Waals surface area contributed by atoms with Gasteiger partial charge in [-0.25, -0.2) is 9.97 Å². The summed E-state index contributed by atoms with van der Waals surface area (Å²) < 4.78 is 5.01. The SMILES string of the molecule is c1ccc(-c2nc(-c3ccccc3)c(-n3c4ccccc4c4cc(-c5ccc6sc7ccccc7c6c5)ccc43)c(-c3ccccc3)n2)cc1. The number of hydrogen-bond acceptors (Lipinski definition) is 3. The number of aromatic nitrogens is 3. The number of fused-ring (bicyclic) bond motifs is 6. The van der Waals surface area contributed by atoms with Crippen molar-refractivity contribution in [2.45, 2.75) is 0 Å². The van der Waals surface area contributed by atoms with Gasteiger partial charge in [0.2, 0.25) is 0 Å². The van der Waals surface area contributed by atoms with Crippen LogP contribution in [0.2, 0.25) is 0 Å². The normalized spacial score (nSPS) is 11.6. The summed E-state index contributed by atoms with van der Waals surface area (Å²) in [7, 11) is 0. The van der Waals surface area contributed by atoms with Gasteiger partial charge in [0.25, 0.3) is 0 Å². The summed E-state index contributed by atoms with van der Waals surface area (Å²) in [5, 5.41) is 5.00. The van der Waals surface area contributed by atoms with Gasteiger partial charge in [0.15, 0.2) is 5.82 Å². The van der Waals surface area contributed by atoms with Crippen molar-refractivity contribution in [1.29, 1.82) is 0 Å². The Labute approximate surface area is 293 Å². The highest BCUT2D eigenvalue weighted by Crippen LogP contribution is 2.42. The zero-order valence-corrected chi connectivity index (χ0v) is 27.8. The molecule has 234 valence electrons. The van der Waals surface area contributed by atoms with Gasteiger partial charge in [-0.15, -0.1) is 11.3 Å². The van der Waals surface area contributed by atoms with Gasteiger partial charge in [-0.3, -0.25) is 0 Å². The number of thiophene rings is 1. The number of hydrogen-bond donors (Lipinski definition) is 0. The van der Waals surface area contributed by atoms with E-state index in [2.05, 4.69) is 162 Å². The Bertz CT molecular complexity index is 2790. The lowest BCUT2D eigenvalue weighted by atomic mass is 10.0. The van der Waals surface area contributed by atoms with Crippen molar-refractivity contribution in [3.8, 4) is 50.7 Å². The van der Waals surface area contributed by atoms with Crippen LogP contribution in [-0.2, 0) is 0 Å². The van der Waals surface area contributed by atoms with Crippen molar-refractivity contribution in [1.82, 2.24) is 14.5 Å². The molecule has 0 radical (unpaired) electrons. The lowest BCUT2D eigenvalue weighted by molar-refractivity contribution is 1.09. The van der Waals surface area contributed by atoms with E-state index in [1.807, 2.05) is 29.5 Å². The standard InChI is InChI=1S/C46H29N3S/c1-4-14-30(15-5-1)43-45(44(31-16-6-2-7-17-31)48-46(47-43)32-18-8-3-9-19-32)49-39-22-12-10-20-35(39)37-28-33(24-26-40(37)49)34-25-27-42-38(29-34)36-21-11-13-23-41(36)50-42/h1-29H. The Kier molecular flexibility index (Phi) is 6.68. The second kappa shape index (κ2) is 11.7. The summed E-state index contributed by atoms with van der Waals surface area (Å²) in [6.07, 6.45) is 0. The van der Waals surface area contributed by atoms with Crippen LogP contribution >= 0.6 is 11.3 Å². The van der Waals surface area contributed by atoms with Crippen molar-refractivity contribution in [2.75, 3.05) is 0 Å². The first-order valence-electron chi connectivity index (χ1n) is 16.8. The molecule has 3 aromatic heterocycles. The summed E-state index contributed by atoms with van der Waals surface area (Å²) >= 11 is 1.85. The molecular formula is C46H29N3S. The first-order chi connectivity index (χ1) is 24.8. The monoisotopic (exact) mass is 655 g/mol. The second-order valence-corrected chi connectivity index (χ2v) is 13.7. The molecule has 0 aliphatic heterocycles. The quantitative estimate of drug-likeness (QED) is 0.185. The summed E-state index contributed by atoms with van der Waals surface area (Å²) in [5.74, 6) is 0.700. The second-order valence-electron chi connectivity index (χ2n) is 12.6. The molecule has 3 heterocycles. The van der Waals surface area contributed by atoms with E-state index in [0.29, 0.717) is 5.82 Å². The smallest absolute Gasteiger partial charge is 0.160 e. The van der Waals surface area contributed by atoms with Gasteiger partial charge in [-0.2, -0.15) is 0 Å². The van der Waals surface area contributed by atoms with E-state index in [1.165, 1.54) is 42.1 Å². The van der Waals surface area contributed by atoms with Crippen LogP contribution in [0.3, 0.4) is 0 Å². The molecule has 4 heteroatoms. The highest BCUT2D eigenvalue weighted by molar-refractivity contribution is 7.25. The van der Waals surface area contributed by atoms with Crippen molar-refractivity contribution < 1.29 is 0 Å². The molecule has 0 N–H and O–H groups in total. The average Bonchev–Trinajstić information content (AvgIpc) is 3.73. The zero-order chi connectivity index (χ0) is 33.0. The van der Waals surface area contributed by atoms with Gasteiger partial charge in [0, 0.05) is 47.6 Å². The molecule has 0 bridgehead atoms. The Balaban J connectivity index is 1.27. The molecule has 10 rings (SSSR count). The Morgan fingerprint density at radius 3 is 1.54 bits per heavy atom. The topological polar surface area (TPSA) is 30.7 Å². The van der Waals surface area contributed by atoms with Crippen LogP contribution in [0.15, 0.2) is 176 Å². The predicted octanol–water partition coefficient (Wildman–Crippen LogP) is 12.6. The molecule has 7 aromatic carbocycles. The van der Waals surface area contributed by atoms with Crippen LogP contribution in [0.4, 0.5) is 0 Å². The van der Waals surface area contributed by atoms with E-state index in [9.17, 15) is 0 Å². The van der Waals surface area contributed by atoms with E-state index >= 15 is 0 Å². The van der Waals surface area contributed by atoms with Crippen molar-refractivity contribution in [2.24, 2.45) is 0 Å². The van der Waals surface area contributed by atoms with Gasteiger partial charge in [-0.05, 0) is 47.5 Å². The first kappa shape index (κ1) is 28.6. The summed E-state index contributed by atoms with van der Waals surface area (Å²) in [6, 6.07) is 62.5. The third-order valence-corrected chi connectivity index (χ3v) is 10.8. The van der Waals surface area contributed by atoms with Gasteiger partial charge >= 0.3 is 0 Å². The van der Waals surface area contributed by atoms with Gasteiger partial charge in [0.05, 0.1) is 28.1 Å². The molecule has 0 unspecified atom stereocenters. The fourth-order valence-corrected chi connectivity index (χ4v) is 8.36. The molecule has 0 aliphatic carbocycles. The molecule has 0 fully saturated rings. The third-order valence-electron chi connectivity index (χ3n) is 9.62. The van der Waals surface area contributed by atoms with Crippen LogP contribution in [0.5, 0.6) is 0 Å². The van der Waals surface area contributed by atoms with E-state index in [4.69, 9.17) is 9.97 Å². The van der Waals surface area contributed by atoms with E-state index in [-0.39, 0.29) is 0 Å². The Hall–Kier alpha value is -6.36. The van der Waals surface area contributed by atoms with E-state index in [0.717, 1.165) is 44.8 Å². The van der Waals surface area contributed by atoms with Crippen molar-refractivity contribution in [3.63, 3.8) is 0 Å². The highest BCUT2D eigenvalue weighted by Gasteiger charge is 2.24. The largest absolute Gasteiger partial charge is 0.305 e. The number of para-hydroxylation sites is 1. The molecule has 50 heavy (non-hydrogen) atoms. The lowest BCUT2D eigenvalue weighted by Gasteiger charge is -2.19. The van der Waals surface area contributed by atoms with Crippen LogP contribution in [-0.4, -0.2) is 14.5 Å². The summed E-state index contributed by atoms with van der Waals surface area (Å²) in [6.45, 7) is 0. The molecular weight excluding hydrogens is 627 g/mol. The van der Waals surface area contributed by atoms with Gasteiger partial charge in [-0.1, -0.05) is 140 Å². The number of benzene rings is 7. The lowest BCUT2D eigenvalue weighted by Crippen LogP contribution is -2.06. The molecule has 0 amide bonds. The maximum Gasteiger partial charge on any atom is 0.160 e. The van der Waals surface area contributed by atoms with Crippen LogP contribution in [0.1, 0.15) is 0 Å². The number of rotatable bonds is 5. The van der Waals surface area contributed by atoms with Crippen LogP contribution < -0.4 is 0 Å². The van der Waals surface area contributed by atoms with E-state index < -0.39 is 0 Å². The van der Waals surface area contributed by atoms with Crippen LogP contribution in [0.25, 0.3) is 92.7 Å². The molecule has 10 aromatic rings. The fraction of sp³-hybridized carbons (Fsp3) is 0. The minimum atomic E-state index is 0.700. The Morgan fingerprint density at radius 2 is 0.860 bits per heavy atom. The minimum Gasteiger partial charge on any atom is -0.305 e. The molecule has 0 saturated heterocycles. The molecule has 0 spiro atoms. The minimum absolute atomic E-state index is 0.700. The summed E-state index contributed by atoms with van der Waals surface area (Å²) in [4.78, 5) is 10.7. The zero-order valence-electron chi connectivity index (χ0n) is 27.0. The van der Waals surface area contributed by atoms with Gasteiger partial charge < -0.3 is 4.57 Å². The molecule has 0 atom stereocenters. The van der Waals surface area contributed by atoms with E-state index in [1.54, 1.807) is 0 Å². The maximum absolute atomic E-state index is 5.35. The molecule has 0 saturated carbocycles. The molecule has 3 nitrogen and oxygen atoms in total. The van der Waals surface area contributed by atoms with Crippen molar-refractivity contribution in [3.05, 3.63) is 176 Å². The number of nitrogens with zero attached hydrogens (tertiary/aromatic N) is 3. The predicted molar refractivity (Wildman–Crippen MR) is 211 cm³/mol. The average molecular weight is 656 g/mol. The summed E-state index contributed by atoms with van der Waals surface area (Å²) in [5.41, 5.74) is 10.4.